The first kappa shape index (κ1) is 24.4. The molecule has 12 heteroatoms. The van der Waals surface area contributed by atoms with Gasteiger partial charge >= 0.3 is 5.97 Å². The second-order valence-corrected chi connectivity index (χ2v) is 6.65. The van der Waals surface area contributed by atoms with E-state index in [1.54, 1.807) is 0 Å². The van der Waals surface area contributed by atoms with Gasteiger partial charge < -0.3 is 40.5 Å². The Balaban J connectivity index is 2.24. The molecule has 0 saturated carbocycles. The number of benzene rings is 1. The summed E-state index contributed by atoms with van der Waals surface area (Å²) >= 11 is 0. The third kappa shape index (κ3) is 5.66. The first-order valence-corrected chi connectivity index (χ1v) is 9.03. The highest BCUT2D eigenvalue weighted by molar-refractivity contribution is 5.95. The molecule has 6 unspecified atom stereocenters. The average Bonchev–Trinajstić information content (AvgIpc) is 2.72. The minimum atomic E-state index is -3.08. The zero-order valence-corrected chi connectivity index (χ0v) is 16.2. The van der Waals surface area contributed by atoms with Crippen molar-refractivity contribution in [2.75, 3.05) is 12.4 Å². The lowest BCUT2D eigenvalue weighted by molar-refractivity contribution is -0.271. The summed E-state index contributed by atoms with van der Waals surface area (Å²) in [6, 6.07) is 2.46. The van der Waals surface area contributed by atoms with Crippen LogP contribution < -0.4 is 15.4 Å². The van der Waals surface area contributed by atoms with Crippen LogP contribution in [0.25, 0.3) is 0 Å². The first-order valence-electron chi connectivity index (χ1n) is 9.03. The van der Waals surface area contributed by atoms with Gasteiger partial charge in [0.1, 0.15) is 24.1 Å². The van der Waals surface area contributed by atoms with Crippen LogP contribution in [0.2, 0.25) is 0 Å². The number of rotatable bonds is 8. The maximum Gasteiger partial charge on any atom is 0.335 e. The van der Waals surface area contributed by atoms with E-state index >= 15 is 0 Å². The molecular formula is C19H22F2N2O8. The van der Waals surface area contributed by atoms with Gasteiger partial charge in [0.05, 0.1) is 11.6 Å². The summed E-state index contributed by atoms with van der Waals surface area (Å²) in [7, 11) is 1.51. The van der Waals surface area contributed by atoms with Gasteiger partial charge in [-0.15, -0.1) is 12.3 Å². The maximum atomic E-state index is 13.6. The van der Waals surface area contributed by atoms with Crippen LogP contribution in [-0.2, 0) is 14.3 Å². The van der Waals surface area contributed by atoms with Crippen LogP contribution in [0.15, 0.2) is 18.2 Å². The number of aliphatic carboxylic acids is 1. The van der Waals surface area contributed by atoms with Crippen LogP contribution in [0.5, 0.6) is 5.75 Å². The van der Waals surface area contributed by atoms with Crippen molar-refractivity contribution < 1.29 is 48.3 Å². The van der Waals surface area contributed by atoms with E-state index in [0.717, 1.165) is 12.1 Å². The molecule has 1 heterocycles. The molecule has 31 heavy (non-hydrogen) atoms. The highest BCUT2D eigenvalue weighted by Crippen LogP contribution is 2.34. The number of alkyl halides is 2. The predicted octanol–water partition coefficient (Wildman–Crippen LogP) is -0.555. The Bertz CT molecular complexity index is 847. The Hall–Kier alpha value is -2.82. The highest BCUT2D eigenvalue weighted by Gasteiger charge is 2.48. The lowest BCUT2D eigenvalue weighted by atomic mass is 9.99. The third-order valence-electron chi connectivity index (χ3n) is 4.56. The van der Waals surface area contributed by atoms with E-state index in [2.05, 4.69) is 16.6 Å². The Labute approximate surface area is 175 Å². The summed E-state index contributed by atoms with van der Waals surface area (Å²) < 4.78 is 37.2. The molecule has 1 aromatic carbocycles. The largest absolute Gasteiger partial charge is 0.479 e. The lowest BCUT2D eigenvalue weighted by Gasteiger charge is -2.38. The Morgan fingerprint density at radius 3 is 2.48 bits per heavy atom. The van der Waals surface area contributed by atoms with Gasteiger partial charge in [0.25, 0.3) is 6.43 Å². The highest BCUT2D eigenvalue weighted by atomic mass is 19.3. The molecule has 1 fully saturated rings. The number of carbonyl (C=O) groups excluding carboxylic acids is 1. The predicted molar refractivity (Wildman–Crippen MR) is 101 cm³/mol. The van der Waals surface area contributed by atoms with Crippen molar-refractivity contribution in [1.29, 1.82) is 0 Å². The minimum Gasteiger partial charge on any atom is -0.479 e. The van der Waals surface area contributed by atoms with Crippen LogP contribution >= 0.6 is 0 Å². The lowest BCUT2D eigenvalue weighted by Crippen LogP contribution is -2.61. The summed E-state index contributed by atoms with van der Waals surface area (Å²) in [5.41, 5.74) is -0.687. The van der Waals surface area contributed by atoms with Crippen molar-refractivity contribution in [3.63, 3.8) is 0 Å². The molecular weight excluding hydrogens is 422 g/mol. The first-order chi connectivity index (χ1) is 14.6. The Kier molecular flexibility index (Phi) is 8.26. The molecule has 1 amide bonds. The second-order valence-electron chi connectivity index (χ2n) is 6.65. The van der Waals surface area contributed by atoms with Crippen LogP contribution in [-0.4, -0.2) is 76.1 Å². The number of anilines is 1. The molecule has 2 rings (SSSR count). The molecule has 0 radical (unpaired) electrons. The smallest absolute Gasteiger partial charge is 0.335 e. The number of terminal acetylenes is 1. The third-order valence-corrected chi connectivity index (χ3v) is 4.56. The van der Waals surface area contributed by atoms with Gasteiger partial charge in [-0.2, -0.15) is 0 Å². The quantitative estimate of drug-likeness (QED) is 0.289. The maximum absolute atomic E-state index is 13.6. The molecule has 0 aromatic heterocycles. The number of likely N-dealkylation sites (N-methyl/N-ethyl adjacent to an activating group) is 1. The summed E-state index contributed by atoms with van der Waals surface area (Å²) in [4.78, 5) is 23.3. The van der Waals surface area contributed by atoms with E-state index in [9.17, 15) is 33.7 Å². The minimum absolute atomic E-state index is 0.00824. The van der Waals surface area contributed by atoms with Crippen molar-refractivity contribution in [2.45, 2.75) is 49.6 Å². The fourth-order valence-corrected chi connectivity index (χ4v) is 2.85. The Morgan fingerprint density at radius 2 is 1.94 bits per heavy atom. The standard InChI is InChI=1S/C19H22F2N2O8/c1-3-4-10(22-2)17(27)23-8-5-6-11(9(7-8)16(20)21)30-19-14(26)12(24)13(25)15(31-19)18(28)29/h1,5-7,10,12-16,19,22,24-26H,4H2,2H3,(H,23,27)(H,28,29). The van der Waals surface area contributed by atoms with Crippen LogP contribution in [0, 0.1) is 12.3 Å². The number of aliphatic hydroxyl groups is 3. The average molecular weight is 444 g/mol. The number of amides is 1. The Morgan fingerprint density at radius 1 is 1.26 bits per heavy atom. The van der Waals surface area contributed by atoms with Gasteiger partial charge in [0.15, 0.2) is 6.10 Å². The number of ether oxygens (including phenoxy) is 2. The van der Waals surface area contributed by atoms with Gasteiger partial charge in [-0.05, 0) is 25.2 Å². The molecule has 6 N–H and O–H groups in total. The molecule has 1 aliphatic heterocycles. The van der Waals surface area contributed by atoms with Crippen molar-refractivity contribution in [1.82, 2.24) is 5.32 Å². The fraction of sp³-hybridized carbons (Fsp3) is 0.474. The van der Waals surface area contributed by atoms with Crippen molar-refractivity contribution in [3.8, 4) is 18.1 Å². The van der Waals surface area contributed by atoms with E-state index in [1.807, 2.05) is 0 Å². The van der Waals surface area contributed by atoms with E-state index in [0.29, 0.717) is 0 Å². The molecule has 0 bridgehead atoms. The number of hydrogen-bond acceptors (Lipinski definition) is 8. The molecule has 0 aliphatic carbocycles. The molecule has 6 atom stereocenters. The molecule has 1 aliphatic rings. The summed E-state index contributed by atoms with van der Waals surface area (Å²) in [5, 5.41) is 43.7. The summed E-state index contributed by atoms with van der Waals surface area (Å²) in [6.07, 6.45) is -7.47. The zero-order chi connectivity index (χ0) is 23.3. The van der Waals surface area contributed by atoms with Crippen LogP contribution in [0.4, 0.5) is 14.5 Å². The van der Waals surface area contributed by atoms with E-state index in [1.165, 1.54) is 13.1 Å². The van der Waals surface area contributed by atoms with Gasteiger partial charge in [0, 0.05) is 12.1 Å². The molecule has 1 aromatic rings. The molecule has 170 valence electrons. The van der Waals surface area contributed by atoms with E-state index in [4.69, 9.17) is 21.0 Å². The van der Waals surface area contributed by atoms with Gasteiger partial charge in [-0.1, -0.05) is 0 Å². The topological polar surface area (TPSA) is 158 Å². The van der Waals surface area contributed by atoms with E-state index < -0.39 is 66.4 Å². The summed E-state index contributed by atoms with van der Waals surface area (Å²) in [6.45, 7) is 0. The van der Waals surface area contributed by atoms with E-state index in [-0.39, 0.29) is 12.1 Å². The van der Waals surface area contributed by atoms with Crippen molar-refractivity contribution in [3.05, 3.63) is 23.8 Å². The number of carboxylic acids is 1. The van der Waals surface area contributed by atoms with Crippen LogP contribution in [0.3, 0.4) is 0 Å². The van der Waals surface area contributed by atoms with Crippen LogP contribution in [0.1, 0.15) is 18.4 Å². The van der Waals surface area contributed by atoms with Crippen molar-refractivity contribution >= 4 is 17.6 Å². The second kappa shape index (κ2) is 10.5. The SMILES string of the molecule is C#CCC(NC)C(=O)Nc1ccc(OC2OC(C(=O)O)C(O)C(O)C2O)c(C(F)F)c1. The fourth-order valence-electron chi connectivity index (χ4n) is 2.85. The molecule has 10 nitrogen and oxygen atoms in total. The normalized spacial score (nSPS) is 26.7. The number of nitrogens with one attached hydrogen (secondary N) is 2. The van der Waals surface area contributed by atoms with Crippen molar-refractivity contribution in [2.24, 2.45) is 0 Å². The number of carbonyl (C=O) groups is 2. The number of halogens is 2. The number of carboxylic acid groups (broad SMARTS) is 1. The number of aliphatic hydroxyl groups excluding tert-OH is 3. The van der Waals surface area contributed by atoms with Gasteiger partial charge in [0.2, 0.25) is 12.2 Å². The zero-order valence-electron chi connectivity index (χ0n) is 16.2. The monoisotopic (exact) mass is 444 g/mol. The summed E-state index contributed by atoms with van der Waals surface area (Å²) in [5.74, 6) is -0.378. The van der Waals surface area contributed by atoms with Gasteiger partial charge in [-0.25, -0.2) is 13.6 Å². The number of hydrogen-bond donors (Lipinski definition) is 6. The van der Waals surface area contributed by atoms with Gasteiger partial charge in [-0.3, -0.25) is 4.79 Å². The molecule has 1 saturated heterocycles. The molecule has 0 spiro atoms.